The van der Waals surface area contributed by atoms with Gasteiger partial charge in [0.15, 0.2) is 0 Å². The molecule has 1 amide bonds. The Balaban J connectivity index is 0.00000242. The minimum absolute atomic E-state index is 0. The molecule has 0 radical (unpaired) electrons. The topological polar surface area (TPSA) is 75.5 Å². The number of nitrogens with one attached hydrogen (secondary N) is 1. The number of carbonyl (C=O) groups is 1. The summed E-state index contributed by atoms with van der Waals surface area (Å²) in [4.78, 5) is 25.6. The van der Waals surface area contributed by atoms with E-state index in [0.717, 1.165) is 6.54 Å². The highest BCUT2D eigenvalue weighted by Crippen LogP contribution is 2.29. The SMILES string of the molecule is CSc1ccc(C(=O)N2CCNC(C)C2C)cc1[N+](=O)[O-].Cl. The molecule has 1 aromatic carbocycles. The molecule has 22 heavy (non-hydrogen) atoms. The Morgan fingerprint density at radius 3 is 2.73 bits per heavy atom. The standard InChI is InChI=1S/C14H19N3O3S.ClH/c1-9-10(2)16(7-6-15-9)14(18)11-4-5-13(21-3)12(8-11)17(19)20;/h4-5,8-10,15H,6-7H2,1-3H3;1H. The molecule has 8 heteroatoms. The van der Waals surface area contributed by atoms with E-state index in [0.29, 0.717) is 17.0 Å². The molecule has 2 rings (SSSR count). The van der Waals surface area contributed by atoms with Gasteiger partial charge in [-0.25, -0.2) is 0 Å². The van der Waals surface area contributed by atoms with Crippen LogP contribution in [0.1, 0.15) is 24.2 Å². The lowest BCUT2D eigenvalue weighted by atomic mass is 10.1. The van der Waals surface area contributed by atoms with Gasteiger partial charge in [0.05, 0.1) is 9.82 Å². The Morgan fingerprint density at radius 1 is 1.45 bits per heavy atom. The minimum atomic E-state index is -0.438. The van der Waals surface area contributed by atoms with Crippen LogP contribution in [0.2, 0.25) is 0 Å². The smallest absolute Gasteiger partial charge is 0.283 e. The van der Waals surface area contributed by atoms with Crippen molar-refractivity contribution in [3.63, 3.8) is 0 Å². The molecule has 1 N–H and O–H groups in total. The van der Waals surface area contributed by atoms with Gasteiger partial charge in [0.2, 0.25) is 0 Å². The molecule has 1 aliphatic heterocycles. The lowest BCUT2D eigenvalue weighted by molar-refractivity contribution is -0.387. The molecule has 1 heterocycles. The second-order valence-corrected chi connectivity index (χ2v) is 5.97. The fraction of sp³-hybridized carbons (Fsp3) is 0.500. The van der Waals surface area contributed by atoms with Gasteiger partial charge in [-0.15, -0.1) is 24.2 Å². The number of halogens is 1. The number of hydrogen-bond donors (Lipinski definition) is 1. The summed E-state index contributed by atoms with van der Waals surface area (Å²) in [6.07, 6.45) is 1.78. The third-order valence-corrected chi connectivity index (χ3v) is 4.70. The Bertz CT molecular complexity index is 570. The van der Waals surface area contributed by atoms with E-state index in [1.807, 2.05) is 13.8 Å². The summed E-state index contributed by atoms with van der Waals surface area (Å²) in [5.74, 6) is -0.147. The average molecular weight is 346 g/mol. The maximum absolute atomic E-state index is 12.6. The van der Waals surface area contributed by atoms with Crippen LogP contribution < -0.4 is 5.32 Å². The van der Waals surface area contributed by atoms with Gasteiger partial charge in [0.25, 0.3) is 11.6 Å². The van der Waals surface area contributed by atoms with Crippen LogP contribution >= 0.6 is 24.2 Å². The van der Waals surface area contributed by atoms with Crippen LogP contribution in [0.5, 0.6) is 0 Å². The summed E-state index contributed by atoms with van der Waals surface area (Å²) in [7, 11) is 0. The van der Waals surface area contributed by atoms with Crippen molar-refractivity contribution in [2.45, 2.75) is 30.8 Å². The van der Waals surface area contributed by atoms with Gasteiger partial charge in [-0.2, -0.15) is 0 Å². The van der Waals surface area contributed by atoms with Crippen molar-refractivity contribution in [2.75, 3.05) is 19.3 Å². The molecule has 2 atom stereocenters. The molecule has 1 aliphatic rings. The summed E-state index contributed by atoms with van der Waals surface area (Å²) in [6, 6.07) is 4.97. The lowest BCUT2D eigenvalue weighted by Crippen LogP contribution is -2.57. The number of nitrogens with zero attached hydrogens (tertiary/aromatic N) is 2. The maximum Gasteiger partial charge on any atom is 0.283 e. The van der Waals surface area contributed by atoms with Crippen molar-refractivity contribution in [2.24, 2.45) is 0 Å². The van der Waals surface area contributed by atoms with Gasteiger partial charge in [0, 0.05) is 36.8 Å². The van der Waals surface area contributed by atoms with Crippen molar-refractivity contribution in [1.29, 1.82) is 0 Å². The minimum Gasteiger partial charge on any atom is -0.333 e. The van der Waals surface area contributed by atoms with Crippen molar-refractivity contribution >= 4 is 35.8 Å². The van der Waals surface area contributed by atoms with Gasteiger partial charge >= 0.3 is 0 Å². The van der Waals surface area contributed by atoms with Crippen molar-refractivity contribution < 1.29 is 9.72 Å². The maximum atomic E-state index is 12.6. The predicted octanol–water partition coefficient (Wildman–Crippen LogP) is 2.56. The zero-order chi connectivity index (χ0) is 15.6. The number of nitro groups is 1. The molecule has 0 aliphatic carbocycles. The van der Waals surface area contributed by atoms with Crippen LogP contribution in [0, 0.1) is 10.1 Å². The molecular formula is C14H20ClN3O3S. The van der Waals surface area contributed by atoms with Crippen molar-refractivity contribution in [3.8, 4) is 0 Å². The monoisotopic (exact) mass is 345 g/mol. The first-order valence-corrected chi connectivity index (χ1v) is 8.05. The van der Waals surface area contributed by atoms with E-state index in [4.69, 9.17) is 0 Å². The number of carbonyl (C=O) groups excluding carboxylic acids is 1. The molecule has 1 aromatic rings. The second-order valence-electron chi connectivity index (χ2n) is 5.13. The van der Waals surface area contributed by atoms with E-state index in [-0.39, 0.29) is 36.1 Å². The van der Waals surface area contributed by atoms with E-state index in [9.17, 15) is 14.9 Å². The summed E-state index contributed by atoms with van der Waals surface area (Å²) in [5, 5.41) is 14.4. The normalized spacial score (nSPS) is 21.1. The lowest BCUT2D eigenvalue weighted by Gasteiger charge is -2.38. The highest BCUT2D eigenvalue weighted by molar-refractivity contribution is 7.98. The fourth-order valence-electron chi connectivity index (χ4n) is 2.47. The zero-order valence-corrected chi connectivity index (χ0v) is 14.4. The van der Waals surface area contributed by atoms with E-state index in [1.165, 1.54) is 17.8 Å². The highest BCUT2D eigenvalue weighted by Gasteiger charge is 2.29. The van der Waals surface area contributed by atoms with Crippen molar-refractivity contribution in [1.82, 2.24) is 10.2 Å². The molecule has 2 unspecified atom stereocenters. The van der Waals surface area contributed by atoms with E-state index in [1.54, 1.807) is 23.3 Å². The first kappa shape index (κ1) is 18.7. The van der Waals surface area contributed by atoms with Gasteiger partial charge in [-0.05, 0) is 32.2 Å². The van der Waals surface area contributed by atoms with E-state index >= 15 is 0 Å². The van der Waals surface area contributed by atoms with Crippen LogP contribution in [-0.4, -0.2) is 47.2 Å². The summed E-state index contributed by atoms with van der Waals surface area (Å²) in [6.45, 7) is 5.37. The molecule has 122 valence electrons. The predicted molar refractivity (Wildman–Crippen MR) is 90.1 cm³/mol. The molecule has 1 saturated heterocycles. The first-order chi connectivity index (χ1) is 9.95. The third-order valence-electron chi connectivity index (χ3n) is 3.92. The number of benzene rings is 1. The van der Waals surface area contributed by atoms with Gasteiger partial charge in [-0.3, -0.25) is 14.9 Å². The van der Waals surface area contributed by atoms with E-state index in [2.05, 4.69) is 5.32 Å². The Morgan fingerprint density at radius 2 is 2.14 bits per heavy atom. The Labute approximate surface area is 140 Å². The number of rotatable bonds is 3. The number of nitro benzene ring substituents is 1. The third kappa shape index (κ3) is 3.71. The number of hydrogen-bond acceptors (Lipinski definition) is 5. The van der Waals surface area contributed by atoms with Crippen LogP contribution in [0.25, 0.3) is 0 Å². The Hall–Kier alpha value is -1.31. The van der Waals surface area contributed by atoms with E-state index < -0.39 is 4.92 Å². The largest absolute Gasteiger partial charge is 0.333 e. The molecule has 1 fully saturated rings. The number of thioether (sulfide) groups is 1. The van der Waals surface area contributed by atoms with Crippen molar-refractivity contribution in [3.05, 3.63) is 33.9 Å². The van der Waals surface area contributed by atoms with Gasteiger partial charge in [0.1, 0.15) is 0 Å². The van der Waals surface area contributed by atoms with Crippen LogP contribution in [0.3, 0.4) is 0 Å². The fourth-order valence-corrected chi connectivity index (χ4v) is 3.02. The van der Waals surface area contributed by atoms with Crippen LogP contribution in [0.4, 0.5) is 5.69 Å². The van der Waals surface area contributed by atoms with Crippen LogP contribution in [-0.2, 0) is 0 Å². The van der Waals surface area contributed by atoms with Gasteiger partial charge < -0.3 is 10.2 Å². The highest BCUT2D eigenvalue weighted by atomic mass is 35.5. The van der Waals surface area contributed by atoms with Crippen LogP contribution in [0.15, 0.2) is 23.1 Å². The second kappa shape index (κ2) is 7.80. The summed E-state index contributed by atoms with van der Waals surface area (Å²) >= 11 is 1.30. The molecular weight excluding hydrogens is 326 g/mol. The first-order valence-electron chi connectivity index (χ1n) is 6.82. The average Bonchev–Trinajstić information content (AvgIpc) is 2.48. The summed E-state index contributed by atoms with van der Waals surface area (Å²) in [5.41, 5.74) is 0.365. The quantitative estimate of drug-likeness (QED) is 0.517. The molecule has 0 aromatic heterocycles. The number of piperazine rings is 1. The molecule has 0 spiro atoms. The summed E-state index contributed by atoms with van der Waals surface area (Å²) < 4.78 is 0. The molecule has 6 nitrogen and oxygen atoms in total. The molecule has 0 bridgehead atoms. The number of amides is 1. The molecule has 0 saturated carbocycles. The zero-order valence-electron chi connectivity index (χ0n) is 12.7. The Kier molecular flexibility index (Phi) is 6.65. The van der Waals surface area contributed by atoms with Gasteiger partial charge in [-0.1, -0.05) is 0 Å².